The van der Waals surface area contributed by atoms with Crippen molar-refractivity contribution in [2.24, 2.45) is 0 Å². The first-order chi connectivity index (χ1) is 6.79. The molecule has 1 aliphatic heterocycles. The van der Waals surface area contributed by atoms with E-state index in [2.05, 4.69) is 0 Å². The summed E-state index contributed by atoms with van der Waals surface area (Å²) in [5.74, 6) is 1.37. The Bertz CT molecular complexity index is 346. The molecule has 3 atom stereocenters. The van der Waals surface area contributed by atoms with Crippen molar-refractivity contribution in [3.8, 4) is 0 Å². The normalized spacial score (nSPS) is 32.7. The number of hydrogen-bond donors (Lipinski definition) is 0. The lowest BCUT2D eigenvalue weighted by Crippen LogP contribution is -2.23. The molecule has 0 bridgehead atoms. The molecule has 0 spiro atoms. The summed E-state index contributed by atoms with van der Waals surface area (Å²) in [5.41, 5.74) is 0.948. The van der Waals surface area contributed by atoms with Crippen LogP contribution >= 0.6 is 0 Å². The maximum absolute atomic E-state index is 11.7. The van der Waals surface area contributed by atoms with Crippen LogP contribution in [0.15, 0.2) is 30.3 Å². The third-order valence-corrected chi connectivity index (χ3v) is 6.41. The molecule has 1 aromatic carbocycles. The van der Waals surface area contributed by atoms with Crippen molar-refractivity contribution in [1.82, 2.24) is 0 Å². The average molecular weight is 228 g/mol. The van der Waals surface area contributed by atoms with Crippen molar-refractivity contribution in [1.29, 1.82) is 0 Å². The standard InChI is InChI=1S/C10H12O2S2/c11-13-7-4-8-14(12)10(13)9-5-2-1-3-6-9/h1-3,5-6,10H,4,7-8H2/t10?,13-,14+. The largest absolute Gasteiger partial charge is 0.258 e. The molecule has 0 aromatic heterocycles. The summed E-state index contributed by atoms with van der Waals surface area (Å²) >= 11 is 0. The zero-order valence-electron chi connectivity index (χ0n) is 7.72. The van der Waals surface area contributed by atoms with Gasteiger partial charge in [0.15, 0.2) is 0 Å². The Morgan fingerprint density at radius 2 is 1.57 bits per heavy atom. The van der Waals surface area contributed by atoms with E-state index >= 15 is 0 Å². The average Bonchev–Trinajstić information content (AvgIpc) is 2.19. The summed E-state index contributed by atoms with van der Waals surface area (Å²) in [4.78, 5) is 0. The van der Waals surface area contributed by atoms with Crippen LogP contribution in [-0.2, 0) is 21.6 Å². The third-order valence-electron chi connectivity index (χ3n) is 2.24. The first-order valence-electron chi connectivity index (χ1n) is 4.58. The third kappa shape index (κ3) is 1.96. The van der Waals surface area contributed by atoms with Crippen LogP contribution in [0.2, 0.25) is 0 Å². The van der Waals surface area contributed by atoms with Gasteiger partial charge in [0.05, 0.1) is 0 Å². The molecule has 14 heavy (non-hydrogen) atoms. The summed E-state index contributed by atoms with van der Waals surface area (Å²) in [6, 6.07) is 9.53. The van der Waals surface area contributed by atoms with Crippen LogP contribution in [0, 0.1) is 0 Å². The van der Waals surface area contributed by atoms with Crippen molar-refractivity contribution in [2.45, 2.75) is 11.0 Å². The predicted molar refractivity (Wildman–Crippen MR) is 59.8 cm³/mol. The molecule has 0 radical (unpaired) electrons. The lowest BCUT2D eigenvalue weighted by Gasteiger charge is -2.20. The minimum Gasteiger partial charge on any atom is -0.258 e. The molecule has 2 rings (SSSR count). The van der Waals surface area contributed by atoms with Crippen molar-refractivity contribution < 1.29 is 8.42 Å². The lowest BCUT2D eigenvalue weighted by molar-refractivity contribution is 0.664. The highest BCUT2D eigenvalue weighted by molar-refractivity contribution is 8.02. The number of hydrogen-bond acceptors (Lipinski definition) is 2. The first kappa shape index (κ1) is 10.1. The molecule has 76 valence electrons. The maximum Gasteiger partial charge on any atom is 0.135 e. The summed E-state index contributed by atoms with van der Waals surface area (Å²) in [6.07, 6.45) is 0.822. The van der Waals surface area contributed by atoms with E-state index in [1.165, 1.54) is 0 Å². The SMILES string of the molecule is O=[S@@]1CCC[S@](=O)C1c1ccccc1. The van der Waals surface area contributed by atoms with Crippen molar-refractivity contribution in [3.63, 3.8) is 0 Å². The van der Waals surface area contributed by atoms with E-state index in [0.717, 1.165) is 12.0 Å². The molecule has 1 aromatic rings. The Hall–Kier alpha value is -0.480. The Kier molecular flexibility index (Phi) is 3.13. The lowest BCUT2D eigenvalue weighted by atomic mass is 10.2. The van der Waals surface area contributed by atoms with E-state index in [-0.39, 0.29) is 4.58 Å². The van der Waals surface area contributed by atoms with Gasteiger partial charge in [-0.1, -0.05) is 30.3 Å². The van der Waals surface area contributed by atoms with E-state index in [9.17, 15) is 8.42 Å². The van der Waals surface area contributed by atoms with Gasteiger partial charge >= 0.3 is 0 Å². The molecule has 1 saturated heterocycles. The van der Waals surface area contributed by atoms with Gasteiger partial charge < -0.3 is 0 Å². The molecule has 1 unspecified atom stereocenters. The van der Waals surface area contributed by atoms with Gasteiger partial charge in [-0.05, 0) is 12.0 Å². The monoisotopic (exact) mass is 228 g/mol. The van der Waals surface area contributed by atoms with Gasteiger partial charge in [0.1, 0.15) is 4.58 Å². The molecule has 0 amide bonds. The van der Waals surface area contributed by atoms with Crippen molar-refractivity contribution in [2.75, 3.05) is 11.5 Å². The Balaban J connectivity index is 2.32. The van der Waals surface area contributed by atoms with E-state index in [1.54, 1.807) is 0 Å². The highest BCUT2D eigenvalue weighted by Crippen LogP contribution is 2.28. The molecular weight excluding hydrogens is 216 g/mol. The quantitative estimate of drug-likeness (QED) is 0.731. The zero-order valence-corrected chi connectivity index (χ0v) is 9.35. The van der Waals surface area contributed by atoms with E-state index in [0.29, 0.717) is 11.5 Å². The van der Waals surface area contributed by atoms with Crippen LogP contribution in [-0.4, -0.2) is 19.9 Å². The topological polar surface area (TPSA) is 34.1 Å². The molecule has 4 heteroatoms. The summed E-state index contributed by atoms with van der Waals surface area (Å²) in [5, 5.41) is 0. The maximum atomic E-state index is 11.7. The van der Waals surface area contributed by atoms with Crippen LogP contribution in [0.5, 0.6) is 0 Å². The van der Waals surface area contributed by atoms with Crippen molar-refractivity contribution >= 4 is 21.6 Å². The second-order valence-electron chi connectivity index (χ2n) is 3.27. The molecule has 0 saturated carbocycles. The minimum absolute atomic E-state index is 0.259. The van der Waals surface area contributed by atoms with Crippen LogP contribution in [0.1, 0.15) is 16.6 Å². The van der Waals surface area contributed by atoms with Gasteiger partial charge in [-0.15, -0.1) is 0 Å². The fourth-order valence-corrected chi connectivity index (χ4v) is 5.52. The molecule has 0 aliphatic carbocycles. The second kappa shape index (κ2) is 4.36. The number of rotatable bonds is 1. The summed E-state index contributed by atoms with van der Waals surface area (Å²) in [6.45, 7) is 0. The predicted octanol–water partition coefficient (Wildman–Crippen LogP) is 1.59. The molecule has 1 fully saturated rings. The highest BCUT2D eigenvalue weighted by Gasteiger charge is 2.28. The van der Waals surface area contributed by atoms with Crippen LogP contribution < -0.4 is 0 Å². The van der Waals surface area contributed by atoms with Gasteiger partial charge in [-0.2, -0.15) is 0 Å². The fourth-order valence-electron chi connectivity index (χ4n) is 1.59. The van der Waals surface area contributed by atoms with E-state index < -0.39 is 21.6 Å². The molecule has 1 aliphatic rings. The van der Waals surface area contributed by atoms with Crippen LogP contribution in [0.3, 0.4) is 0 Å². The highest BCUT2D eigenvalue weighted by atomic mass is 32.2. The Morgan fingerprint density at radius 1 is 1.00 bits per heavy atom. The van der Waals surface area contributed by atoms with Gasteiger partial charge in [-0.25, -0.2) is 0 Å². The second-order valence-corrected chi connectivity index (χ2v) is 6.85. The van der Waals surface area contributed by atoms with Gasteiger partial charge in [0, 0.05) is 33.1 Å². The van der Waals surface area contributed by atoms with E-state index in [1.807, 2.05) is 30.3 Å². The fraction of sp³-hybridized carbons (Fsp3) is 0.400. The van der Waals surface area contributed by atoms with Gasteiger partial charge in [-0.3, -0.25) is 8.42 Å². The Labute approximate surface area is 88.6 Å². The summed E-state index contributed by atoms with van der Waals surface area (Å²) < 4.78 is 23.2. The summed E-state index contributed by atoms with van der Waals surface area (Å²) in [7, 11) is -1.92. The molecular formula is C10H12O2S2. The minimum atomic E-state index is -0.959. The van der Waals surface area contributed by atoms with Crippen molar-refractivity contribution in [3.05, 3.63) is 35.9 Å². The zero-order chi connectivity index (χ0) is 9.97. The van der Waals surface area contributed by atoms with Crippen LogP contribution in [0.4, 0.5) is 0 Å². The smallest absolute Gasteiger partial charge is 0.135 e. The Morgan fingerprint density at radius 3 is 2.14 bits per heavy atom. The van der Waals surface area contributed by atoms with Crippen LogP contribution in [0.25, 0.3) is 0 Å². The first-order valence-corrected chi connectivity index (χ1v) is 7.35. The van der Waals surface area contributed by atoms with Gasteiger partial charge in [0.2, 0.25) is 0 Å². The number of benzene rings is 1. The molecule has 2 nitrogen and oxygen atoms in total. The molecule has 0 N–H and O–H groups in total. The van der Waals surface area contributed by atoms with E-state index in [4.69, 9.17) is 0 Å². The molecule has 1 heterocycles. The van der Waals surface area contributed by atoms with Gasteiger partial charge in [0.25, 0.3) is 0 Å².